The van der Waals surface area contributed by atoms with E-state index in [2.05, 4.69) is 5.32 Å². The molecule has 1 aromatic rings. The van der Waals surface area contributed by atoms with Gasteiger partial charge in [0.25, 0.3) is 0 Å². The van der Waals surface area contributed by atoms with Crippen molar-refractivity contribution >= 4 is 5.69 Å². The maximum Gasteiger partial charge on any atom is 0.167 e. The predicted octanol–water partition coefficient (Wildman–Crippen LogP) is 0.566. The lowest BCUT2D eigenvalue weighted by Crippen LogP contribution is -2.32. The Morgan fingerprint density at radius 1 is 1.60 bits per heavy atom. The van der Waals surface area contributed by atoms with Gasteiger partial charge in [-0.25, -0.2) is 4.39 Å². The lowest BCUT2D eigenvalue weighted by Gasteiger charge is -2.11. The first-order chi connectivity index (χ1) is 7.17. The quantitative estimate of drug-likeness (QED) is 0.670. The summed E-state index contributed by atoms with van der Waals surface area (Å²) in [5, 5.41) is 11.6. The number of nitrogens with one attached hydrogen (secondary N) is 1. The lowest BCUT2D eigenvalue weighted by molar-refractivity contribution is 0.270. The minimum absolute atomic E-state index is 0.106. The van der Waals surface area contributed by atoms with Gasteiger partial charge in [0.05, 0.1) is 13.7 Å². The van der Waals surface area contributed by atoms with Gasteiger partial charge in [0, 0.05) is 24.3 Å². The van der Waals surface area contributed by atoms with E-state index in [0.29, 0.717) is 12.2 Å². The van der Waals surface area contributed by atoms with Gasteiger partial charge in [-0.05, 0) is 12.1 Å². The molecular weight excluding hydrogens is 199 g/mol. The van der Waals surface area contributed by atoms with Crippen LogP contribution in [0.5, 0.6) is 5.75 Å². The third-order valence-electron chi connectivity index (χ3n) is 1.95. The molecule has 0 fully saturated rings. The van der Waals surface area contributed by atoms with Crippen molar-refractivity contribution in [3.8, 4) is 5.75 Å². The minimum Gasteiger partial charge on any atom is -0.494 e. The Balaban J connectivity index is 2.59. The number of aliphatic hydroxyl groups is 1. The Kier molecular flexibility index (Phi) is 4.33. The maximum atomic E-state index is 13.2. The van der Waals surface area contributed by atoms with Gasteiger partial charge in [0.15, 0.2) is 11.6 Å². The fourth-order valence-corrected chi connectivity index (χ4v) is 1.09. The summed E-state index contributed by atoms with van der Waals surface area (Å²) in [5.74, 6) is -0.230. The summed E-state index contributed by atoms with van der Waals surface area (Å²) < 4.78 is 18.0. The number of rotatable bonds is 5. The number of ether oxygens (including phenoxy) is 1. The molecule has 0 aliphatic rings. The second-order valence-electron chi connectivity index (χ2n) is 3.17. The number of halogens is 1. The summed E-state index contributed by atoms with van der Waals surface area (Å²) in [6, 6.07) is 4.19. The molecule has 0 radical (unpaired) electrons. The molecule has 4 nitrogen and oxygen atoms in total. The van der Waals surface area contributed by atoms with Crippen molar-refractivity contribution in [2.45, 2.75) is 6.04 Å². The number of nitrogens with two attached hydrogens (primary N) is 1. The zero-order chi connectivity index (χ0) is 11.3. The van der Waals surface area contributed by atoms with Gasteiger partial charge in [-0.1, -0.05) is 0 Å². The zero-order valence-electron chi connectivity index (χ0n) is 8.53. The van der Waals surface area contributed by atoms with E-state index in [0.717, 1.165) is 0 Å². The van der Waals surface area contributed by atoms with E-state index in [-0.39, 0.29) is 18.4 Å². The summed E-state index contributed by atoms with van der Waals surface area (Å²) in [4.78, 5) is 0. The fourth-order valence-electron chi connectivity index (χ4n) is 1.09. The largest absolute Gasteiger partial charge is 0.494 e. The number of hydrogen-bond acceptors (Lipinski definition) is 4. The van der Waals surface area contributed by atoms with Crippen LogP contribution in [0.25, 0.3) is 0 Å². The van der Waals surface area contributed by atoms with Crippen LogP contribution >= 0.6 is 0 Å². The highest BCUT2D eigenvalue weighted by Crippen LogP contribution is 2.20. The Labute approximate surface area is 87.9 Å². The van der Waals surface area contributed by atoms with Crippen LogP contribution in [0.3, 0.4) is 0 Å². The van der Waals surface area contributed by atoms with Gasteiger partial charge < -0.3 is 20.9 Å². The van der Waals surface area contributed by atoms with Crippen molar-refractivity contribution in [2.24, 2.45) is 5.73 Å². The first-order valence-electron chi connectivity index (χ1n) is 4.61. The normalized spacial score (nSPS) is 12.3. The molecule has 0 aromatic heterocycles. The summed E-state index contributed by atoms with van der Waals surface area (Å²) in [6.45, 7) is 0.286. The first-order valence-corrected chi connectivity index (χ1v) is 4.61. The van der Waals surface area contributed by atoms with Crippen molar-refractivity contribution in [3.05, 3.63) is 24.0 Å². The highest BCUT2D eigenvalue weighted by atomic mass is 19.1. The fraction of sp³-hybridized carbons (Fsp3) is 0.400. The van der Waals surface area contributed by atoms with Crippen LogP contribution in [-0.2, 0) is 0 Å². The van der Waals surface area contributed by atoms with Gasteiger partial charge in [-0.3, -0.25) is 0 Å². The number of anilines is 1. The average Bonchev–Trinajstić information content (AvgIpc) is 2.26. The molecule has 15 heavy (non-hydrogen) atoms. The van der Waals surface area contributed by atoms with Crippen molar-refractivity contribution in [1.82, 2.24) is 0 Å². The number of aliphatic hydroxyl groups excluding tert-OH is 1. The van der Waals surface area contributed by atoms with Crippen LogP contribution < -0.4 is 15.8 Å². The Hall–Kier alpha value is -1.33. The van der Waals surface area contributed by atoms with E-state index in [1.165, 1.54) is 19.2 Å². The molecule has 1 aromatic carbocycles. The molecule has 5 heteroatoms. The van der Waals surface area contributed by atoms with Gasteiger partial charge in [-0.2, -0.15) is 0 Å². The third-order valence-corrected chi connectivity index (χ3v) is 1.95. The third kappa shape index (κ3) is 3.38. The zero-order valence-corrected chi connectivity index (χ0v) is 8.53. The molecule has 1 unspecified atom stereocenters. The van der Waals surface area contributed by atoms with E-state index in [4.69, 9.17) is 15.6 Å². The van der Waals surface area contributed by atoms with E-state index in [1.54, 1.807) is 6.07 Å². The molecule has 1 rings (SSSR count). The highest BCUT2D eigenvalue weighted by molar-refractivity contribution is 5.47. The summed E-state index contributed by atoms with van der Waals surface area (Å²) in [5.41, 5.74) is 6.09. The van der Waals surface area contributed by atoms with Crippen molar-refractivity contribution in [2.75, 3.05) is 25.6 Å². The molecule has 0 spiro atoms. The number of hydrogen-bond donors (Lipinski definition) is 3. The molecule has 84 valence electrons. The number of methoxy groups -OCH3 is 1. The predicted molar refractivity (Wildman–Crippen MR) is 56.5 cm³/mol. The van der Waals surface area contributed by atoms with Gasteiger partial charge >= 0.3 is 0 Å². The monoisotopic (exact) mass is 214 g/mol. The highest BCUT2D eigenvalue weighted by Gasteiger charge is 2.04. The van der Waals surface area contributed by atoms with Crippen molar-refractivity contribution in [1.29, 1.82) is 0 Å². The Morgan fingerprint density at radius 3 is 2.87 bits per heavy atom. The van der Waals surface area contributed by atoms with E-state index >= 15 is 0 Å². The summed E-state index contributed by atoms with van der Waals surface area (Å²) in [6.07, 6.45) is 0. The van der Waals surface area contributed by atoms with Crippen LogP contribution in [0.4, 0.5) is 10.1 Å². The van der Waals surface area contributed by atoms with Crippen LogP contribution in [-0.4, -0.2) is 31.4 Å². The Morgan fingerprint density at radius 2 is 2.33 bits per heavy atom. The molecular formula is C10H15FN2O2. The lowest BCUT2D eigenvalue weighted by atomic mass is 10.2. The van der Waals surface area contributed by atoms with Crippen molar-refractivity contribution < 1.29 is 14.2 Å². The maximum absolute atomic E-state index is 13.2. The molecule has 4 N–H and O–H groups in total. The standard InChI is InChI=1S/C10H15FN2O2/c1-15-10-3-2-8(4-9(10)11)13-5-7(12)6-14/h2-4,7,13-14H,5-6,12H2,1H3. The van der Waals surface area contributed by atoms with E-state index in [9.17, 15) is 4.39 Å². The van der Waals surface area contributed by atoms with Gasteiger partial charge in [-0.15, -0.1) is 0 Å². The molecule has 0 aliphatic carbocycles. The molecule has 0 heterocycles. The topological polar surface area (TPSA) is 67.5 Å². The molecule has 1 atom stereocenters. The van der Waals surface area contributed by atoms with Gasteiger partial charge in [0.1, 0.15) is 0 Å². The second kappa shape index (κ2) is 5.53. The Bertz CT molecular complexity index is 320. The van der Waals surface area contributed by atoms with Crippen LogP contribution in [0.1, 0.15) is 0 Å². The molecule has 0 amide bonds. The minimum atomic E-state index is -0.430. The molecule has 0 aliphatic heterocycles. The van der Waals surface area contributed by atoms with Crippen LogP contribution in [0, 0.1) is 5.82 Å². The van der Waals surface area contributed by atoms with Gasteiger partial charge in [0.2, 0.25) is 0 Å². The van der Waals surface area contributed by atoms with E-state index in [1.807, 2.05) is 0 Å². The average molecular weight is 214 g/mol. The van der Waals surface area contributed by atoms with Crippen LogP contribution in [0.2, 0.25) is 0 Å². The smallest absolute Gasteiger partial charge is 0.167 e. The SMILES string of the molecule is COc1ccc(NCC(N)CO)cc1F. The summed E-state index contributed by atoms with van der Waals surface area (Å²) >= 11 is 0. The van der Waals surface area contributed by atoms with Crippen LogP contribution in [0.15, 0.2) is 18.2 Å². The second-order valence-corrected chi connectivity index (χ2v) is 3.17. The van der Waals surface area contributed by atoms with E-state index < -0.39 is 5.82 Å². The summed E-state index contributed by atoms with van der Waals surface area (Å²) in [7, 11) is 1.41. The van der Waals surface area contributed by atoms with Crippen molar-refractivity contribution in [3.63, 3.8) is 0 Å². The number of benzene rings is 1. The first kappa shape index (κ1) is 11.7. The molecule has 0 bridgehead atoms. The molecule has 0 saturated carbocycles. The molecule has 0 saturated heterocycles.